The summed E-state index contributed by atoms with van der Waals surface area (Å²) < 4.78 is 29.5. The Morgan fingerprint density at radius 2 is 1.68 bits per heavy atom. The van der Waals surface area contributed by atoms with Gasteiger partial charge in [-0.05, 0) is 68.2 Å². The Morgan fingerprint density at radius 3 is 2.26 bits per heavy atom. The quantitative estimate of drug-likeness (QED) is 0.362. The number of carbonyl (C=O) groups is 2. The lowest BCUT2D eigenvalue weighted by Crippen LogP contribution is -2.46. The Hall–Kier alpha value is -2.25. The van der Waals surface area contributed by atoms with Crippen LogP contribution < -0.4 is 4.90 Å². The molecular formula is C25H27Cl2F2N3O2. The van der Waals surface area contributed by atoms with Crippen LogP contribution in [0.15, 0.2) is 36.4 Å². The van der Waals surface area contributed by atoms with Gasteiger partial charge in [-0.2, -0.15) is 8.78 Å². The highest BCUT2D eigenvalue weighted by Gasteiger charge is 2.44. The lowest BCUT2D eigenvalue weighted by Gasteiger charge is -2.38. The summed E-state index contributed by atoms with van der Waals surface area (Å²) in [7, 11) is 0. The van der Waals surface area contributed by atoms with Gasteiger partial charge in [0.1, 0.15) is 11.0 Å². The molecule has 34 heavy (non-hydrogen) atoms. The fourth-order valence-electron chi connectivity index (χ4n) is 4.95. The molecule has 1 amide bonds. The van der Waals surface area contributed by atoms with Gasteiger partial charge in [0, 0.05) is 36.8 Å². The second-order valence-corrected chi connectivity index (χ2v) is 9.95. The predicted molar refractivity (Wildman–Crippen MR) is 129 cm³/mol. The van der Waals surface area contributed by atoms with Gasteiger partial charge in [-0.1, -0.05) is 35.3 Å². The van der Waals surface area contributed by atoms with Crippen LogP contribution in [0.4, 0.5) is 14.6 Å². The van der Waals surface area contributed by atoms with E-state index in [-0.39, 0.29) is 15.7 Å². The highest BCUT2D eigenvalue weighted by Crippen LogP contribution is 2.35. The predicted octanol–water partition coefficient (Wildman–Crippen LogP) is 5.84. The van der Waals surface area contributed by atoms with Gasteiger partial charge in [-0.15, -0.1) is 0 Å². The number of aldehydes is 1. The minimum absolute atomic E-state index is 0.187. The molecule has 0 aliphatic carbocycles. The minimum Gasteiger partial charge on any atom is -0.357 e. The first-order valence-corrected chi connectivity index (χ1v) is 12.3. The van der Waals surface area contributed by atoms with E-state index in [2.05, 4.69) is 9.88 Å². The molecule has 3 heterocycles. The summed E-state index contributed by atoms with van der Waals surface area (Å²) >= 11 is 11.9. The van der Waals surface area contributed by atoms with E-state index in [0.717, 1.165) is 57.1 Å². The third-order valence-corrected chi connectivity index (χ3v) is 7.49. The number of nitrogens with zero attached hydrogens (tertiary/aromatic N) is 3. The van der Waals surface area contributed by atoms with Crippen LogP contribution in [0.25, 0.3) is 0 Å². The van der Waals surface area contributed by atoms with Gasteiger partial charge in [0.25, 0.3) is 5.91 Å². The topological polar surface area (TPSA) is 53.5 Å². The first-order valence-electron chi connectivity index (χ1n) is 11.6. The minimum atomic E-state index is -3.58. The summed E-state index contributed by atoms with van der Waals surface area (Å²) in [5, 5.41) is 0.406. The summed E-state index contributed by atoms with van der Waals surface area (Å²) in [6.07, 6.45) is 5.24. The molecule has 0 saturated carbocycles. The van der Waals surface area contributed by atoms with Gasteiger partial charge < -0.3 is 9.80 Å². The number of aromatic nitrogens is 1. The number of rotatable bonds is 6. The van der Waals surface area contributed by atoms with Gasteiger partial charge >= 0.3 is 5.92 Å². The number of hydrogen-bond donors (Lipinski definition) is 0. The van der Waals surface area contributed by atoms with E-state index in [4.69, 9.17) is 23.2 Å². The summed E-state index contributed by atoms with van der Waals surface area (Å²) in [6.45, 7) is 2.42. The maximum Gasteiger partial charge on any atom is 0.350 e. The summed E-state index contributed by atoms with van der Waals surface area (Å²) in [5.74, 6) is -2.96. The number of halogens is 4. The lowest BCUT2D eigenvalue weighted by atomic mass is 9.82. The van der Waals surface area contributed by atoms with Gasteiger partial charge in [0.15, 0.2) is 6.29 Å². The Labute approximate surface area is 208 Å². The van der Waals surface area contributed by atoms with Crippen molar-refractivity contribution in [3.63, 3.8) is 0 Å². The third kappa shape index (κ3) is 5.52. The summed E-state index contributed by atoms with van der Waals surface area (Å²) in [6, 6.07) is 8.84. The van der Waals surface area contributed by atoms with Crippen molar-refractivity contribution in [2.24, 2.45) is 11.8 Å². The normalized spacial score (nSPS) is 18.2. The Balaban J connectivity index is 1.25. The standard InChI is InChI=1S/C25H27Cl2F2N3O2/c26-21-3-1-2-20(15-21)25(28,29)24(34)32-12-8-18(9-13-32)14-17-6-10-31(11-7-17)22-5-4-19(16-33)23(27)30-22/h1-5,15-18H,6-14H2. The molecule has 0 spiro atoms. The zero-order chi connectivity index (χ0) is 24.3. The highest BCUT2D eigenvalue weighted by atomic mass is 35.5. The molecule has 9 heteroatoms. The van der Waals surface area contributed by atoms with Crippen LogP contribution in [0.1, 0.15) is 48.0 Å². The number of carbonyl (C=O) groups excluding carboxylic acids is 2. The van der Waals surface area contributed by atoms with Crippen molar-refractivity contribution < 1.29 is 18.4 Å². The van der Waals surface area contributed by atoms with E-state index in [1.165, 1.54) is 23.1 Å². The van der Waals surface area contributed by atoms with Crippen molar-refractivity contribution in [3.05, 3.63) is 57.7 Å². The molecule has 182 valence electrons. The number of benzene rings is 1. The fourth-order valence-corrected chi connectivity index (χ4v) is 5.33. The van der Waals surface area contributed by atoms with E-state index in [1.54, 1.807) is 6.07 Å². The van der Waals surface area contributed by atoms with Crippen LogP contribution in [-0.2, 0) is 10.7 Å². The van der Waals surface area contributed by atoms with E-state index < -0.39 is 11.8 Å². The van der Waals surface area contributed by atoms with Gasteiger partial charge in [0.2, 0.25) is 0 Å². The molecule has 2 aromatic rings. The lowest BCUT2D eigenvalue weighted by molar-refractivity contribution is -0.160. The van der Waals surface area contributed by atoms with E-state index in [0.29, 0.717) is 36.8 Å². The Morgan fingerprint density at radius 1 is 1.03 bits per heavy atom. The molecular weight excluding hydrogens is 483 g/mol. The molecule has 2 aliphatic heterocycles. The molecule has 1 aromatic heterocycles. The van der Waals surface area contributed by atoms with Crippen LogP contribution in [0.5, 0.6) is 0 Å². The molecule has 0 radical (unpaired) electrons. The number of piperidine rings is 2. The summed E-state index contributed by atoms with van der Waals surface area (Å²) in [4.78, 5) is 31.3. The van der Waals surface area contributed by atoms with Crippen molar-refractivity contribution >= 4 is 41.2 Å². The third-order valence-electron chi connectivity index (χ3n) is 6.95. The second-order valence-electron chi connectivity index (χ2n) is 9.15. The molecule has 4 rings (SSSR count). The van der Waals surface area contributed by atoms with Crippen LogP contribution in [0, 0.1) is 11.8 Å². The van der Waals surface area contributed by atoms with Crippen molar-refractivity contribution in [1.29, 1.82) is 0 Å². The van der Waals surface area contributed by atoms with Crippen molar-refractivity contribution in [1.82, 2.24) is 9.88 Å². The van der Waals surface area contributed by atoms with Gasteiger partial charge in [-0.25, -0.2) is 4.98 Å². The van der Waals surface area contributed by atoms with Crippen molar-refractivity contribution in [2.45, 2.75) is 38.0 Å². The van der Waals surface area contributed by atoms with E-state index in [1.807, 2.05) is 6.07 Å². The number of hydrogen-bond acceptors (Lipinski definition) is 4. The molecule has 0 unspecified atom stereocenters. The maximum absolute atomic E-state index is 14.7. The molecule has 2 saturated heterocycles. The number of amides is 1. The fraction of sp³-hybridized carbons (Fsp3) is 0.480. The monoisotopic (exact) mass is 509 g/mol. The largest absolute Gasteiger partial charge is 0.357 e. The summed E-state index contributed by atoms with van der Waals surface area (Å²) in [5.41, 5.74) is 0.0194. The molecule has 5 nitrogen and oxygen atoms in total. The van der Waals surface area contributed by atoms with E-state index >= 15 is 0 Å². The smallest absolute Gasteiger partial charge is 0.350 e. The molecule has 0 N–H and O–H groups in total. The zero-order valence-corrected chi connectivity index (χ0v) is 20.2. The zero-order valence-electron chi connectivity index (χ0n) is 18.7. The van der Waals surface area contributed by atoms with Crippen LogP contribution in [-0.4, -0.2) is 48.3 Å². The number of pyridine rings is 1. The molecule has 2 aliphatic rings. The van der Waals surface area contributed by atoms with Crippen LogP contribution >= 0.6 is 23.2 Å². The van der Waals surface area contributed by atoms with Crippen molar-refractivity contribution in [3.8, 4) is 0 Å². The van der Waals surface area contributed by atoms with Crippen LogP contribution in [0.3, 0.4) is 0 Å². The van der Waals surface area contributed by atoms with Crippen LogP contribution in [0.2, 0.25) is 10.2 Å². The average molecular weight is 510 g/mol. The molecule has 1 aromatic carbocycles. The number of likely N-dealkylation sites (tertiary alicyclic amines) is 1. The molecule has 0 bridgehead atoms. The first kappa shape index (κ1) is 24.9. The Bertz CT molecular complexity index is 1040. The first-order chi connectivity index (χ1) is 16.3. The Kier molecular flexibility index (Phi) is 7.73. The second kappa shape index (κ2) is 10.6. The molecule has 0 atom stereocenters. The SMILES string of the molecule is O=Cc1ccc(N2CCC(CC3CCN(C(=O)C(F)(F)c4cccc(Cl)c4)CC3)CC2)nc1Cl. The molecule has 2 fully saturated rings. The highest BCUT2D eigenvalue weighted by molar-refractivity contribution is 6.31. The number of alkyl halides is 2. The van der Waals surface area contributed by atoms with Crippen molar-refractivity contribution in [2.75, 3.05) is 31.1 Å². The van der Waals surface area contributed by atoms with E-state index in [9.17, 15) is 18.4 Å². The van der Waals surface area contributed by atoms with Gasteiger partial charge in [-0.3, -0.25) is 9.59 Å². The average Bonchev–Trinajstić information content (AvgIpc) is 2.84. The van der Waals surface area contributed by atoms with Gasteiger partial charge in [0.05, 0.1) is 5.56 Å². The number of anilines is 1. The maximum atomic E-state index is 14.7.